The van der Waals surface area contributed by atoms with Crippen molar-refractivity contribution in [2.75, 3.05) is 5.73 Å². The number of hydrogen-bond donors (Lipinski definition) is 1. The molecule has 1 aromatic carbocycles. The molecule has 0 amide bonds. The van der Waals surface area contributed by atoms with E-state index >= 15 is 0 Å². The summed E-state index contributed by atoms with van der Waals surface area (Å²) in [5.74, 6) is 0. The van der Waals surface area contributed by atoms with Crippen LogP contribution in [0, 0.1) is 21.8 Å². The number of nitrogens with zero attached hydrogens (tertiary/aromatic N) is 1. The van der Waals surface area contributed by atoms with Crippen molar-refractivity contribution in [2.24, 2.45) is 0 Å². The van der Waals surface area contributed by atoms with Crippen molar-refractivity contribution in [2.45, 2.75) is 6.92 Å². The van der Waals surface area contributed by atoms with Crippen molar-refractivity contribution < 1.29 is 0 Å². The molecule has 17 heavy (non-hydrogen) atoms. The maximum Gasteiger partial charge on any atom is 0.128 e. The van der Waals surface area contributed by atoms with E-state index in [-0.39, 0.29) is 0 Å². The van der Waals surface area contributed by atoms with Crippen LogP contribution in [0.25, 0.3) is 10.4 Å². The predicted octanol–water partition coefficient (Wildman–Crippen LogP) is 4.54. The van der Waals surface area contributed by atoms with E-state index in [4.69, 9.17) is 11.0 Å². The average molecular weight is 419 g/mol. The van der Waals surface area contributed by atoms with Gasteiger partial charge in [0.2, 0.25) is 0 Å². The van der Waals surface area contributed by atoms with Crippen LogP contribution in [0.3, 0.4) is 0 Å². The van der Waals surface area contributed by atoms with E-state index in [1.807, 2.05) is 19.1 Å². The summed E-state index contributed by atoms with van der Waals surface area (Å²) < 4.78 is 2.18. The molecule has 0 aliphatic heterocycles. The lowest BCUT2D eigenvalue weighted by molar-refractivity contribution is 1.49. The highest BCUT2D eigenvalue weighted by Crippen LogP contribution is 2.41. The first-order valence-corrected chi connectivity index (χ1v) is 7.47. The SMILES string of the molecule is Cc1c(-c2cc(I)ccc2Br)sc(C#N)c1N. The van der Waals surface area contributed by atoms with Crippen molar-refractivity contribution in [1.29, 1.82) is 5.26 Å². The van der Waals surface area contributed by atoms with Gasteiger partial charge in [-0.05, 0) is 53.3 Å². The summed E-state index contributed by atoms with van der Waals surface area (Å²) in [4.78, 5) is 1.65. The standard InChI is InChI=1S/C12H8BrIN2S/c1-6-11(16)10(5-15)17-12(6)8-4-7(14)2-3-9(8)13/h2-4H,16H2,1H3. The molecule has 0 saturated carbocycles. The third kappa shape index (κ3) is 2.34. The Morgan fingerprint density at radius 2 is 2.18 bits per heavy atom. The molecule has 0 atom stereocenters. The molecule has 0 saturated heterocycles. The smallest absolute Gasteiger partial charge is 0.128 e. The lowest BCUT2D eigenvalue weighted by Gasteiger charge is -2.04. The molecular weight excluding hydrogens is 411 g/mol. The summed E-state index contributed by atoms with van der Waals surface area (Å²) in [6.07, 6.45) is 0. The van der Waals surface area contributed by atoms with E-state index in [1.54, 1.807) is 0 Å². The van der Waals surface area contributed by atoms with Crippen molar-refractivity contribution >= 4 is 55.5 Å². The van der Waals surface area contributed by atoms with Gasteiger partial charge in [-0.2, -0.15) is 5.26 Å². The van der Waals surface area contributed by atoms with Crippen LogP contribution in [0.2, 0.25) is 0 Å². The highest BCUT2D eigenvalue weighted by molar-refractivity contribution is 14.1. The lowest BCUT2D eigenvalue weighted by atomic mass is 10.1. The number of benzene rings is 1. The van der Waals surface area contributed by atoms with Crippen LogP contribution in [0.15, 0.2) is 22.7 Å². The summed E-state index contributed by atoms with van der Waals surface area (Å²) in [6, 6.07) is 8.27. The van der Waals surface area contributed by atoms with Crippen LogP contribution in [-0.4, -0.2) is 0 Å². The number of thiophene rings is 1. The largest absolute Gasteiger partial charge is 0.397 e. The topological polar surface area (TPSA) is 49.8 Å². The van der Waals surface area contributed by atoms with Crippen molar-refractivity contribution in [1.82, 2.24) is 0 Å². The Kier molecular flexibility index (Phi) is 3.76. The molecule has 2 aromatic rings. The molecule has 2 nitrogen and oxygen atoms in total. The van der Waals surface area contributed by atoms with Gasteiger partial charge in [-0.15, -0.1) is 11.3 Å². The Morgan fingerprint density at radius 1 is 1.47 bits per heavy atom. The molecule has 2 N–H and O–H groups in total. The van der Waals surface area contributed by atoms with E-state index in [1.165, 1.54) is 11.3 Å². The minimum Gasteiger partial charge on any atom is -0.397 e. The van der Waals surface area contributed by atoms with Gasteiger partial charge in [-0.3, -0.25) is 0 Å². The van der Waals surface area contributed by atoms with E-state index in [0.717, 1.165) is 24.0 Å². The quantitative estimate of drug-likeness (QED) is 0.691. The van der Waals surface area contributed by atoms with Gasteiger partial charge in [0.15, 0.2) is 0 Å². The number of anilines is 1. The molecule has 0 aliphatic rings. The fourth-order valence-corrected chi connectivity index (χ4v) is 3.66. The highest BCUT2D eigenvalue weighted by Gasteiger charge is 2.15. The molecule has 0 spiro atoms. The van der Waals surface area contributed by atoms with Gasteiger partial charge in [0, 0.05) is 18.5 Å². The summed E-state index contributed by atoms with van der Waals surface area (Å²) >= 11 is 7.25. The Hall–Kier alpha value is -0.580. The van der Waals surface area contributed by atoms with Gasteiger partial charge in [0.05, 0.1) is 5.69 Å². The molecule has 86 valence electrons. The zero-order valence-electron chi connectivity index (χ0n) is 8.92. The monoisotopic (exact) mass is 418 g/mol. The molecular formula is C12H8BrIN2S. The van der Waals surface area contributed by atoms with Gasteiger partial charge >= 0.3 is 0 Å². The summed E-state index contributed by atoms with van der Waals surface area (Å²) in [5, 5.41) is 8.99. The van der Waals surface area contributed by atoms with E-state index in [2.05, 4.69) is 50.7 Å². The molecule has 0 radical (unpaired) electrons. The maximum atomic E-state index is 8.99. The number of nitriles is 1. The van der Waals surface area contributed by atoms with E-state index < -0.39 is 0 Å². The number of rotatable bonds is 1. The number of nitrogen functional groups attached to an aromatic ring is 1. The minimum atomic E-state index is 0.586. The molecule has 5 heteroatoms. The molecule has 1 heterocycles. The summed E-state index contributed by atoms with van der Waals surface area (Å²) in [6.45, 7) is 1.95. The van der Waals surface area contributed by atoms with Crippen LogP contribution >= 0.6 is 49.9 Å². The van der Waals surface area contributed by atoms with Gasteiger partial charge < -0.3 is 5.73 Å². The second-order valence-corrected chi connectivity index (χ2v) is 6.66. The first-order chi connectivity index (χ1) is 8.04. The van der Waals surface area contributed by atoms with Crippen molar-refractivity contribution in [3.05, 3.63) is 36.7 Å². The highest BCUT2D eigenvalue weighted by atomic mass is 127. The van der Waals surface area contributed by atoms with Crippen LogP contribution < -0.4 is 5.73 Å². The van der Waals surface area contributed by atoms with Crippen LogP contribution in [0.5, 0.6) is 0 Å². The number of hydrogen-bond acceptors (Lipinski definition) is 3. The molecule has 2 rings (SSSR count). The molecule has 1 aromatic heterocycles. The normalized spacial score (nSPS) is 10.2. The third-order valence-electron chi connectivity index (χ3n) is 2.47. The lowest BCUT2D eigenvalue weighted by Crippen LogP contribution is -1.88. The first-order valence-electron chi connectivity index (χ1n) is 4.79. The zero-order valence-corrected chi connectivity index (χ0v) is 13.5. The number of nitrogens with two attached hydrogens (primary N) is 1. The van der Waals surface area contributed by atoms with Crippen molar-refractivity contribution in [3.8, 4) is 16.5 Å². The first kappa shape index (κ1) is 12.9. The predicted molar refractivity (Wildman–Crippen MR) is 84.0 cm³/mol. The van der Waals surface area contributed by atoms with Gasteiger partial charge in [0.25, 0.3) is 0 Å². The van der Waals surface area contributed by atoms with Crippen LogP contribution in [-0.2, 0) is 0 Å². The average Bonchev–Trinajstić information content (AvgIpc) is 2.59. The molecule has 0 unspecified atom stereocenters. The fraction of sp³-hybridized carbons (Fsp3) is 0.0833. The molecule has 0 aliphatic carbocycles. The van der Waals surface area contributed by atoms with Gasteiger partial charge in [0.1, 0.15) is 10.9 Å². The maximum absolute atomic E-state index is 8.99. The molecule has 0 bridgehead atoms. The minimum absolute atomic E-state index is 0.586. The zero-order chi connectivity index (χ0) is 12.6. The Bertz CT molecular complexity index is 628. The Labute approximate surface area is 126 Å². The van der Waals surface area contributed by atoms with Gasteiger partial charge in [-0.1, -0.05) is 15.9 Å². The van der Waals surface area contributed by atoms with E-state index in [0.29, 0.717) is 10.6 Å². The van der Waals surface area contributed by atoms with E-state index in [9.17, 15) is 0 Å². The summed E-state index contributed by atoms with van der Waals surface area (Å²) in [7, 11) is 0. The Balaban J connectivity index is 2.69. The van der Waals surface area contributed by atoms with Gasteiger partial charge in [-0.25, -0.2) is 0 Å². The summed E-state index contributed by atoms with van der Waals surface area (Å²) in [5.41, 5.74) is 8.58. The fourth-order valence-electron chi connectivity index (χ4n) is 1.54. The second-order valence-electron chi connectivity index (χ2n) is 3.53. The van der Waals surface area contributed by atoms with Crippen molar-refractivity contribution in [3.63, 3.8) is 0 Å². The molecule has 0 fully saturated rings. The second kappa shape index (κ2) is 4.96. The Morgan fingerprint density at radius 3 is 2.76 bits per heavy atom. The third-order valence-corrected chi connectivity index (χ3v) is 5.08. The number of halogens is 2. The van der Waals surface area contributed by atoms with Crippen LogP contribution in [0.4, 0.5) is 5.69 Å². The van der Waals surface area contributed by atoms with Crippen LogP contribution in [0.1, 0.15) is 10.4 Å².